The van der Waals surface area contributed by atoms with E-state index in [2.05, 4.69) is 5.48 Å². The number of aromatic hydroxyl groups is 1. The summed E-state index contributed by atoms with van der Waals surface area (Å²) in [6, 6.07) is 5.07. The lowest BCUT2D eigenvalue weighted by Gasteiger charge is -2.07. The number of hydrogen-bond acceptors (Lipinski definition) is 4. The lowest BCUT2D eigenvalue weighted by Crippen LogP contribution is -2.13. The molecule has 0 aromatic heterocycles. The number of phenols is 1. The summed E-state index contributed by atoms with van der Waals surface area (Å²) in [6.45, 7) is 2.93. The molecule has 0 spiro atoms. The van der Waals surface area contributed by atoms with Gasteiger partial charge >= 0.3 is 0 Å². The molecule has 0 heterocycles. The van der Waals surface area contributed by atoms with Crippen molar-refractivity contribution in [3.8, 4) is 11.5 Å². The van der Waals surface area contributed by atoms with Gasteiger partial charge in [-0.05, 0) is 25.1 Å². The van der Waals surface area contributed by atoms with Crippen molar-refractivity contribution in [3.63, 3.8) is 0 Å². The van der Waals surface area contributed by atoms with Gasteiger partial charge in [0.25, 0.3) is 0 Å². The zero-order chi connectivity index (χ0) is 10.4. The minimum absolute atomic E-state index is 0.234. The van der Waals surface area contributed by atoms with E-state index in [-0.39, 0.29) is 5.75 Å². The van der Waals surface area contributed by atoms with E-state index in [1.54, 1.807) is 25.3 Å². The molecule has 0 saturated heterocycles. The van der Waals surface area contributed by atoms with Crippen LogP contribution in [-0.4, -0.2) is 18.8 Å². The van der Waals surface area contributed by atoms with Gasteiger partial charge in [0.05, 0.1) is 13.7 Å². The molecule has 0 aliphatic carbocycles. The Hall–Kier alpha value is -1.26. The van der Waals surface area contributed by atoms with Gasteiger partial charge in [0.1, 0.15) is 11.5 Å². The number of benzene rings is 1. The fourth-order valence-corrected chi connectivity index (χ4v) is 1.06. The topological polar surface area (TPSA) is 50.7 Å². The smallest absolute Gasteiger partial charge is 0.120 e. The van der Waals surface area contributed by atoms with E-state index in [0.29, 0.717) is 13.2 Å². The van der Waals surface area contributed by atoms with Crippen molar-refractivity contribution >= 4 is 0 Å². The molecule has 0 fully saturated rings. The summed E-state index contributed by atoms with van der Waals surface area (Å²) in [5, 5.41) is 9.48. The fourth-order valence-electron chi connectivity index (χ4n) is 1.06. The van der Waals surface area contributed by atoms with E-state index in [4.69, 9.17) is 9.57 Å². The van der Waals surface area contributed by atoms with Crippen LogP contribution >= 0.6 is 0 Å². The first-order valence-electron chi connectivity index (χ1n) is 4.48. The molecular weight excluding hydrogens is 182 g/mol. The van der Waals surface area contributed by atoms with Crippen LogP contribution in [0.2, 0.25) is 0 Å². The number of ether oxygens (including phenoxy) is 1. The third-order valence-corrected chi connectivity index (χ3v) is 1.80. The number of hydrogen-bond donors (Lipinski definition) is 2. The molecule has 1 rings (SSSR count). The highest BCUT2D eigenvalue weighted by molar-refractivity contribution is 5.39. The molecule has 1 aromatic rings. The molecule has 4 heteroatoms. The van der Waals surface area contributed by atoms with Crippen LogP contribution in [0.15, 0.2) is 18.2 Å². The Labute approximate surface area is 83.4 Å². The molecule has 0 aliphatic rings. The van der Waals surface area contributed by atoms with E-state index >= 15 is 0 Å². The van der Waals surface area contributed by atoms with Crippen LogP contribution in [0.5, 0.6) is 11.5 Å². The van der Waals surface area contributed by atoms with Crippen molar-refractivity contribution in [1.29, 1.82) is 0 Å². The minimum Gasteiger partial charge on any atom is -0.508 e. The highest BCUT2D eigenvalue weighted by Crippen LogP contribution is 2.22. The highest BCUT2D eigenvalue weighted by atomic mass is 16.6. The summed E-state index contributed by atoms with van der Waals surface area (Å²) >= 11 is 0. The van der Waals surface area contributed by atoms with Gasteiger partial charge in [0, 0.05) is 12.1 Å². The van der Waals surface area contributed by atoms with Crippen LogP contribution in [0, 0.1) is 0 Å². The predicted molar refractivity (Wildman–Crippen MR) is 53.1 cm³/mol. The normalized spacial score (nSPS) is 10.1. The van der Waals surface area contributed by atoms with E-state index in [1.165, 1.54) is 0 Å². The van der Waals surface area contributed by atoms with Gasteiger partial charge in [-0.1, -0.05) is 0 Å². The van der Waals surface area contributed by atoms with Crippen LogP contribution in [0.3, 0.4) is 0 Å². The largest absolute Gasteiger partial charge is 0.508 e. The zero-order valence-corrected chi connectivity index (χ0v) is 8.41. The molecule has 0 atom stereocenters. The molecule has 2 N–H and O–H groups in total. The number of hydroxylamine groups is 1. The lowest BCUT2D eigenvalue weighted by molar-refractivity contribution is 0.0459. The Morgan fingerprint density at radius 2 is 2.21 bits per heavy atom. The first-order valence-corrected chi connectivity index (χ1v) is 4.48. The monoisotopic (exact) mass is 197 g/mol. The number of nitrogens with one attached hydrogen (secondary N) is 1. The van der Waals surface area contributed by atoms with Gasteiger partial charge in [-0.3, -0.25) is 0 Å². The van der Waals surface area contributed by atoms with Gasteiger partial charge in [-0.25, -0.2) is 0 Å². The second-order valence-electron chi connectivity index (χ2n) is 2.75. The average molecular weight is 197 g/mol. The molecule has 0 bridgehead atoms. The first kappa shape index (κ1) is 10.8. The van der Waals surface area contributed by atoms with Crippen molar-refractivity contribution in [2.75, 3.05) is 13.7 Å². The molecule has 78 valence electrons. The van der Waals surface area contributed by atoms with Crippen molar-refractivity contribution in [2.24, 2.45) is 0 Å². The molecular formula is C10H15NO3. The van der Waals surface area contributed by atoms with Crippen molar-refractivity contribution in [3.05, 3.63) is 23.8 Å². The zero-order valence-electron chi connectivity index (χ0n) is 8.41. The quantitative estimate of drug-likeness (QED) is 0.554. The van der Waals surface area contributed by atoms with Crippen molar-refractivity contribution in [1.82, 2.24) is 5.48 Å². The summed E-state index contributed by atoms with van der Waals surface area (Å²) in [5.74, 6) is 0.953. The summed E-state index contributed by atoms with van der Waals surface area (Å²) < 4.78 is 5.04. The molecule has 0 saturated carbocycles. The van der Waals surface area contributed by atoms with Crippen LogP contribution in [0.1, 0.15) is 12.5 Å². The molecule has 0 amide bonds. The van der Waals surface area contributed by atoms with Gasteiger partial charge in [-0.2, -0.15) is 5.48 Å². The maximum Gasteiger partial charge on any atom is 0.120 e. The lowest BCUT2D eigenvalue weighted by atomic mass is 10.2. The Balaban J connectivity index is 2.64. The van der Waals surface area contributed by atoms with E-state index in [0.717, 1.165) is 11.3 Å². The maximum atomic E-state index is 9.48. The third-order valence-electron chi connectivity index (χ3n) is 1.80. The van der Waals surface area contributed by atoms with Crippen LogP contribution in [0.25, 0.3) is 0 Å². The highest BCUT2D eigenvalue weighted by Gasteiger charge is 2.02. The first-order chi connectivity index (χ1) is 6.77. The number of rotatable bonds is 5. The SMILES string of the molecule is CCONCc1cc(OC)ccc1O. The van der Waals surface area contributed by atoms with Gasteiger partial charge in [0.2, 0.25) is 0 Å². The molecule has 0 aliphatic heterocycles. The summed E-state index contributed by atoms with van der Waals surface area (Å²) in [4.78, 5) is 4.96. The maximum absolute atomic E-state index is 9.48. The minimum atomic E-state index is 0.234. The van der Waals surface area contributed by atoms with Gasteiger partial charge < -0.3 is 14.7 Å². The predicted octanol–water partition coefficient (Wildman–Crippen LogP) is 1.44. The Kier molecular flexibility index (Phi) is 4.22. The Morgan fingerprint density at radius 1 is 1.43 bits per heavy atom. The average Bonchev–Trinajstić information content (AvgIpc) is 2.21. The number of methoxy groups -OCH3 is 1. The summed E-state index contributed by atoms with van der Waals surface area (Å²) in [5.41, 5.74) is 3.48. The summed E-state index contributed by atoms with van der Waals surface area (Å²) in [6.07, 6.45) is 0. The molecule has 14 heavy (non-hydrogen) atoms. The second-order valence-corrected chi connectivity index (χ2v) is 2.75. The Bertz CT molecular complexity index is 289. The van der Waals surface area contributed by atoms with Crippen molar-refractivity contribution in [2.45, 2.75) is 13.5 Å². The van der Waals surface area contributed by atoms with Crippen LogP contribution in [-0.2, 0) is 11.4 Å². The molecule has 4 nitrogen and oxygen atoms in total. The molecule has 0 unspecified atom stereocenters. The molecule has 0 radical (unpaired) electrons. The Morgan fingerprint density at radius 3 is 2.86 bits per heavy atom. The summed E-state index contributed by atoms with van der Waals surface area (Å²) in [7, 11) is 1.59. The van der Waals surface area contributed by atoms with Gasteiger partial charge in [-0.15, -0.1) is 0 Å². The second kappa shape index (κ2) is 5.47. The van der Waals surface area contributed by atoms with E-state index in [9.17, 15) is 5.11 Å². The van der Waals surface area contributed by atoms with Crippen LogP contribution in [0.4, 0.5) is 0 Å². The van der Waals surface area contributed by atoms with E-state index in [1.807, 2.05) is 6.92 Å². The van der Waals surface area contributed by atoms with Crippen LogP contribution < -0.4 is 10.2 Å². The standard InChI is InChI=1S/C10H15NO3/c1-3-14-11-7-8-6-9(13-2)4-5-10(8)12/h4-6,11-12H,3,7H2,1-2H3. The molecule has 1 aromatic carbocycles. The third kappa shape index (κ3) is 2.90. The van der Waals surface area contributed by atoms with E-state index < -0.39 is 0 Å². The van der Waals surface area contributed by atoms with Crippen molar-refractivity contribution < 1.29 is 14.7 Å². The fraction of sp³-hybridized carbons (Fsp3) is 0.400. The van der Waals surface area contributed by atoms with Gasteiger partial charge in [0.15, 0.2) is 0 Å². The number of phenolic OH excluding ortho intramolecular Hbond substituents is 1.